The van der Waals surface area contributed by atoms with Gasteiger partial charge < -0.3 is 14.0 Å². The number of aryl methyl sites for hydroxylation is 2. The molecule has 1 heterocycles. The topological polar surface area (TPSA) is 114 Å². The van der Waals surface area contributed by atoms with Gasteiger partial charge in [0.1, 0.15) is 11.4 Å². The van der Waals surface area contributed by atoms with E-state index in [1.54, 1.807) is 11.6 Å². The van der Waals surface area contributed by atoms with E-state index in [1.807, 2.05) is 0 Å². The maximum Gasteiger partial charge on any atom is 0.344 e. The second-order valence-electron chi connectivity index (χ2n) is 4.77. The number of ether oxygens (including phenoxy) is 2. The van der Waals surface area contributed by atoms with Crippen molar-refractivity contribution in [1.82, 2.24) is 9.55 Å². The number of hydrogen-bond donors (Lipinski definition) is 0. The van der Waals surface area contributed by atoms with E-state index in [1.165, 1.54) is 19.2 Å². The van der Waals surface area contributed by atoms with Crippen molar-refractivity contribution in [1.29, 1.82) is 0 Å². The van der Waals surface area contributed by atoms with Gasteiger partial charge in [-0.3, -0.25) is 14.9 Å². The van der Waals surface area contributed by atoms with Crippen molar-refractivity contribution >= 4 is 28.7 Å². The monoisotopic (exact) mass is 321 g/mol. The number of nitro groups is 1. The summed E-state index contributed by atoms with van der Waals surface area (Å²) in [4.78, 5) is 37.8. The Labute approximate surface area is 131 Å². The Hall–Kier alpha value is -2.97. The van der Waals surface area contributed by atoms with Crippen molar-refractivity contribution in [2.75, 3.05) is 14.2 Å². The summed E-state index contributed by atoms with van der Waals surface area (Å²) in [5.41, 5.74) is 0.386. The molecule has 2 rings (SSSR count). The molecule has 0 saturated heterocycles. The van der Waals surface area contributed by atoms with Crippen molar-refractivity contribution in [3.63, 3.8) is 0 Å². The van der Waals surface area contributed by atoms with E-state index in [2.05, 4.69) is 14.5 Å². The molecule has 9 heteroatoms. The van der Waals surface area contributed by atoms with Crippen LogP contribution in [-0.2, 0) is 27.7 Å². The molecule has 1 aromatic carbocycles. The van der Waals surface area contributed by atoms with Gasteiger partial charge in [0, 0.05) is 19.5 Å². The molecule has 2 aromatic rings. The Morgan fingerprint density at radius 3 is 2.57 bits per heavy atom. The standard InChI is InChI=1S/C14H15N3O6/c1-16-11-7-10(17(20)21)8(14(19)23-3)6-9(11)15-12(16)4-5-13(18)22-2/h6-7H,4-5H2,1-3H3. The summed E-state index contributed by atoms with van der Waals surface area (Å²) in [7, 11) is 4.13. The van der Waals surface area contributed by atoms with Crippen LogP contribution in [0.1, 0.15) is 22.6 Å². The smallest absolute Gasteiger partial charge is 0.344 e. The summed E-state index contributed by atoms with van der Waals surface area (Å²) in [5.74, 6) is -0.625. The van der Waals surface area contributed by atoms with E-state index in [0.717, 1.165) is 7.11 Å². The normalized spacial score (nSPS) is 10.6. The third-order valence-electron chi connectivity index (χ3n) is 3.47. The highest BCUT2D eigenvalue weighted by Crippen LogP contribution is 2.27. The fourth-order valence-corrected chi connectivity index (χ4v) is 2.24. The summed E-state index contributed by atoms with van der Waals surface area (Å²) in [6.07, 6.45) is 0.457. The lowest BCUT2D eigenvalue weighted by atomic mass is 10.1. The fourth-order valence-electron chi connectivity index (χ4n) is 2.24. The molecule has 0 radical (unpaired) electrons. The first-order valence-electron chi connectivity index (χ1n) is 6.68. The molecule has 0 amide bonds. The van der Waals surface area contributed by atoms with Crippen LogP contribution in [0.2, 0.25) is 0 Å². The van der Waals surface area contributed by atoms with Crippen LogP contribution < -0.4 is 0 Å². The van der Waals surface area contributed by atoms with Crippen molar-refractivity contribution in [3.05, 3.63) is 33.6 Å². The maximum absolute atomic E-state index is 11.7. The van der Waals surface area contributed by atoms with Gasteiger partial charge >= 0.3 is 11.9 Å². The maximum atomic E-state index is 11.7. The summed E-state index contributed by atoms with van der Waals surface area (Å²) >= 11 is 0. The molecule has 1 aromatic heterocycles. The van der Waals surface area contributed by atoms with Gasteiger partial charge in [-0.15, -0.1) is 0 Å². The molecular formula is C14H15N3O6. The van der Waals surface area contributed by atoms with E-state index in [9.17, 15) is 19.7 Å². The van der Waals surface area contributed by atoms with Gasteiger partial charge in [0.2, 0.25) is 0 Å². The lowest BCUT2D eigenvalue weighted by Crippen LogP contribution is -2.06. The Balaban J connectivity index is 2.52. The van der Waals surface area contributed by atoms with Crippen molar-refractivity contribution in [2.24, 2.45) is 7.05 Å². The number of nitrogens with zero attached hydrogens (tertiary/aromatic N) is 3. The van der Waals surface area contributed by atoms with E-state index in [0.29, 0.717) is 23.3 Å². The third kappa shape index (κ3) is 3.12. The number of benzene rings is 1. The molecule has 0 unspecified atom stereocenters. The molecule has 0 N–H and O–H groups in total. The minimum atomic E-state index is -0.805. The van der Waals surface area contributed by atoms with Crippen LogP contribution >= 0.6 is 0 Å². The van der Waals surface area contributed by atoms with Gasteiger partial charge in [0.15, 0.2) is 0 Å². The molecule has 0 bridgehead atoms. The minimum absolute atomic E-state index is 0.139. The highest BCUT2D eigenvalue weighted by atomic mass is 16.6. The number of methoxy groups -OCH3 is 2. The van der Waals surface area contributed by atoms with Gasteiger partial charge in [-0.05, 0) is 6.07 Å². The van der Waals surface area contributed by atoms with Crippen molar-refractivity contribution < 1.29 is 24.0 Å². The molecule has 0 aliphatic carbocycles. The summed E-state index contributed by atoms with van der Waals surface area (Å²) in [5, 5.41) is 11.2. The zero-order chi connectivity index (χ0) is 17.1. The molecule has 0 atom stereocenters. The minimum Gasteiger partial charge on any atom is -0.469 e. The van der Waals surface area contributed by atoms with Crippen molar-refractivity contribution in [2.45, 2.75) is 12.8 Å². The Kier molecular flexibility index (Phi) is 4.58. The summed E-state index contributed by atoms with van der Waals surface area (Å²) < 4.78 is 10.8. The Morgan fingerprint density at radius 1 is 1.30 bits per heavy atom. The van der Waals surface area contributed by atoms with E-state index in [-0.39, 0.29) is 23.6 Å². The van der Waals surface area contributed by atoms with Crippen LogP contribution in [0, 0.1) is 10.1 Å². The summed E-state index contributed by atoms with van der Waals surface area (Å²) in [6.45, 7) is 0. The quantitative estimate of drug-likeness (QED) is 0.464. The first kappa shape index (κ1) is 16.4. The lowest BCUT2D eigenvalue weighted by molar-refractivity contribution is -0.385. The predicted molar refractivity (Wildman–Crippen MR) is 79.0 cm³/mol. The first-order valence-corrected chi connectivity index (χ1v) is 6.68. The van der Waals surface area contributed by atoms with Crippen molar-refractivity contribution in [3.8, 4) is 0 Å². The van der Waals surface area contributed by atoms with Gasteiger partial charge in [-0.25, -0.2) is 9.78 Å². The second kappa shape index (κ2) is 6.42. The molecule has 0 fully saturated rings. The lowest BCUT2D eigenvalue weighted by Gasteiger charge is -2.03. The number of rotatable bonds is 5. The third-order valence-corrected chi connectivity index (χ3v) is 3.47. The van der Waals surface area contributed by atoms with Gasteiger partial charge in [-0.2, -0.15) is 0 Å². The predicted octanol–water partition coefficient (Wildman–Crippen LogP) is 1.37. The van der Waals surface area contributed by atoms with E-state index in [4.69, 9.17) is 0 Å². The SMILES string of the molecule is COC(=O)CCc1nc2cc(C(=O)OC)c([N+](=O)[O-])cc2n1C. The van der Waals surface area contributed by atoms with Gasteiger partial charge in [0.25, 0.3) is 5.69 Å². The highest BCUT2D eigenvalue weighted by Gasteiger charge is 2.24. The highest BCUT2D eigenvalue weighted by molar-refractivity contribution is 5.98. The van der Waals surface area contributed by atoms with Gasteiger partial charge in [-0.1, -0.05) is 0 Å². The van der Waals surface area contributed by atoms with Gasteiger partial charge in [0.05, 0.1) is 36.6 Å². The first-order chi connectivity index (χ1) is 10.9. The van der Waals surface area contributed by atoms with Crippen LogP contribution in [0.15, 0.2) is 12.1 Å². The average molecular weight is 321 g/mol. The number of nitro benzene ring substituents is 1. The molecular weight excluding hydrogens is 306 g/mol. The van der Waals surface area contributed by atoms with Crippen LogP contribution in [0.25, 0.3) is 11.0 Å². The average Bonchev–Trinajstić information content (AvgIpc) is 2.86. The molecule has 9 nitrogen and oxygen atoms in total. The number of aromatic nitrogens is 2. The molecule has 0 aliphatic heterocycles. The van der Waals surface area contributed by atoms with Crippen LogP contribution in [0.3, 0.4) is 0 Å². The number of imidazole rings is 1. The number of hydrogen-bond acceptors (Lipinski definition) is 7. The number of fused-ring (bicyclic) bond motifs is 1. The van der Waals surface area contributed by atoms with E-state index < -0.39 is 10.9 Å². The Bertz CT molecular complexity index is 795. The number of carbonyl (C=O) groups is 2. The fraction of sp³-hybridized carbons (Fsp3) is 0.357. The number of carbonyl (C=O) groups excluding carboxylic acids is 2. The zero-order valence-corrected chi connectivity index (χ0v) is 12.9. The molecule has 0 saturated carbocycles. The second-order valence-corrected chi connectivity index (χ2v) is 4.77. The summed E-state index contributed by atoms with van der Waals surface area (Å²) in [6, 6.07) is 2.59. The molecule has 23 heavy (non-hydrogen) atoms. The Morgan fingerprint density at radius 2 is 2.00 bits per heavy atom. The molecule has 0 aliphatic rings. The number of esters is 2. The van der Waals surface area contributed by atoms with Crippen LogP contribution in [-0.4, -0.2) is 40.6 Å². The van der Waals surface area contributed by atoms with Crippen LogP contribution in [0.5, 0.6) is 0 Å². The molecule has 0 spiro atoms. The molecule has 122 valence electrons. The van der Waals surface area contributed by atoms with E-state index >= 15 is 0 Å². The van der Waals surface area contributed by atoms with Crippen LogP contribution in [0.4, 0.5) is 5.69 Å². The zero-order valence-electron chi connectivity index (χ0n) is 12.9. The largest absolute Gasteiger partial charge is 0.469 e.